The Morgan fingerprint density at radius 3 is 2.91 bits per heavy atom. The van der Waals surface area contributed by atoms with E-state index in [-0.39, 0.29) is 5.82 Å². The molecule has 0 radical (unpaired) electrons. The van der Waals surface area contributed by atoms with Crippen molar-refractivity contribution in [3.8, 4) is 5.75 Å². The van der Waals surface area contributed by atoms with Crippen molar-refractivity contribution in [3.63, 3.8) is 0 Å². The van der Waals surface area contributed by atoms with Crippen molar-refractivity contribution in [1.82, 2.24) is 14.6 Å². The molecule has 2 aromatic heterocycles. The Morgan fingerprint density at radius 2 is 2.22 bits per heavy atom. The number of aromatic nitrogens is 3. The number of fused-ring (bicyclic) bond motifs is 1. The van der Waals surface area contributed by atoms with Crippen molar-refractivity contribution in [2.75, 3.05) is 12.4 Å². The van der Waals surface area contributed by atoms with Gasteiger partial charge in [-0.3, -0.25) is 0 Å². The quantitative estimate of drug-likeness (QED) is 0.570. The van der Waals surface area contributed by atoms with Gasteiger partial charge in [0.25, 0.3) is 0 Å². The number of hydrogen-bond acceptors (Lipinski definition) is 6. The summed E-state index contributed by atoms with van der Waals surface area (Å²) in [7, 11) is 1.55. The van der Waals surface area contributed by atoms with Gasteiger partial charge in [-0.15, -0.1) is 0 Å². The summed E-state index contributed by atoms with van der Waals surface area (Å²) in [5, 5.41) is 18.7. The predicted octanol–water partition coefficient (Wildman–Crippen LogP) is 2.91. The molecule has 0 saturated heterocycles. The number of nitrogens with one attached hydrogen (secondary N) is 1. The van der Waals surface area contributed by atoms with Crippen LogP contribution in [0.15, 0.2) is 36.5 Å². The van der Waals surface area contributed by atoms with Crippen LogP contribution in [-0.4, -0.2) is 26.6 Å². The third kappa shape index (κ3) is 3.02. The van der Waals surface area contributed by atoms with Crippen molar-refractivity contribution in [2.45, 2.75) is 6.54 Å². The SMILES string of the molecule is COc1ccc(CNc2ccc3ncc([N+](=O)[O-])n3n2)cc1Cl. The Hall–Kier alpha value is -2.87. The van der Waals surface area contributed by atoms with E-state index in [9.17, 15) is 10.1 Å². The highest BCUT2D eigenvalue weighted by molar-refractivity contribution is 6.32. The summed E-state index contributed by atoms with van der Waals surface area (Å²) in [4.78, 5) is 14.3. The molecule has 3 aromatic rings. The van der Waals surface area contributed by atoms with E-state index in [1.54, 1.807) is 31.4 Å². The fourth-order valence-electron chi connectivity index (χ4n) is 2.09. The molecule has 0 unspecified atom stereocenters. The maximum atomic E-state index is 10.9. The van der Waals surface area contributed by atoms with E-state index in [4.69, 9.17) is 16.3 Å². The third-order valence-corrected chi connectivity index (χ3v) is 3.52. The molecule has 1 aromatic carbocycles. The van der Waals surface area contributed by atoms with E-state index >= 15 is 0 Å². The smallest absolute Gasteiger partial charge is 0.368 e. The zero-order chi connectivity index (χ0) is 16.4. The highest BCUT2D eigenvalue weighted by Gasteiger charge is 2.15. The molecular weight excluding hydrogens is 322 g/mol. The lowest BCUT2D eigenvalue weighted by Crippen LogP contribution is -2.05. The number of imidazole rings is 1. The van der Waals surface area contributed by atoms with E-state index in [1.807, 2.05) is 6.07 Å². The molecule has 2 heterocycles. The van der Waals surface area contributed by atoms with E-state index < -0.39 is 4.92 Å². The number of anilines is 1. The lowest BCUT2D eigenvalue weighted by molar-refractivity contribution is -0.391. The highest BCUT2D eigenvalue weighted by Crippen LogP contribution is 2.25. The monoisotopic (exact) mass is 333 g/mol. The molecule has 1 N–H and O–H groups in total. The van der Waals surface area contributed by atoms with Crippen molar-refractivity contribution < 1.29 is 9.66 Å². The fraction of sp³-hybridized carbons (Fsp3) is 0.143. The second-order valence-electron chi connectivity index (χ2n) is 4.68. The largest absolute Gasteiger partial charge is 0.495 e. The standard InChI is InChI=1S/C14H12ClN5O3/c1-23-11-3-2-9(6-10(11)15)7-16-12-4-5-13-17-8-14(20(21)22)19(13)18-12/h2-6,8H,7H2,1H3,(H,16,18). The van der Waals surface area contributed by atoms with Gasteiger partial charge in [0, 0.05) is 12.6 Å². The molecule has 0 atom stereocenters. The number of benzene rings is 1. The number of nitrogens with zero attached hydrogens (tertiary/aromatic N) is 4. The average molecular weight is 334 g/mol. The summed E-state index contributed by atoms with van der Waals surface area (Å²) in [6.45, 7) is 0.463. The fourth-order valence-corrected chi connectivity index (χ4v) is 2.37. The Labute approximate surface area is 135 Å². The topological polar surface area (TPSA) is 94.6 Å². The van der Waals surface area contributed by atoms with E-state index in [0.29, 0.717) is 28.8 Å². The van der Waals surface area contributed by atoms with Gasteiger partial charge in [-0.05, 0) is 28.7 Å². The highest BCUT2D eigenvalue weighted by atomic mass is 35.5. The molecule has 0 bridgehead atoms. The average Bonchev–Trinajstić information content (AvgIpc) is 2.96. The van der Waals surface area contributed by atoms with Crippen molar-refractivity contribution >= 4 is 28.9 Å². The van der Waals surface area contributed by atoms with Gasteiger partial charge in [0.15, 0.2) is 5.82 Å². The molecule has 0 aliphatic heterocycles. The molecule has 0 saturated carbocycles. The van der Waals surface area contributed by atoms with Gasteiger partial charge in [-0.2, -0.15) is 0 Å². The molecule has 0 fully saturated rings. The first-order valence-corrected chi connectivity index (χ1v) is 7.02. The first-order valence-electron chi connectivity index (χ1n) is 6.64. The summed E-state index contributed by atoms with van der Waals surface area (Å²) in [5.41, 5.74) is 1.34. The number of halogens is 1. The molecule has 118 valence electrons. The second-order valence-corrected chi connectivity index (χ2v) is 5.09. The van der Waals surface area contributed by atoms with Gasteiger partial charge in [-0.25, -0.2) is 4.98 Å². The van der Waals surface area contributed by atoms with Crippen molar-refractivity contribution in [3.05, 3.63) is 57.2 Å². The van der Waals surface area contributed by atoms with Crippen LogP contribution >= 0.6 is 11.6 Å². The van der Waals surface area contributed by atoms with Gasteiger partial charge in [0.1, 0.15) is 11.9 Å². The molecule has 9 heteroatoms. The lowest BCUT2D eigenvalue weighted by Gasteiger charge is -2.07. The summed E-state index contributed by atoms with van der Waals surface area (Å²) >= 11 is 6.07. The third-order valence-electron chi connectivity index (χ3n) is 3.22. The van der Waals surface area contributed by atoms with Gasteiger partial charge in [0.2, 0.25) is 5.65 Å². The van der Waals surface area contributed by atoms with E-state index in [1.165, 1.54) is 10.7 Å². The zero-order valence-corrected chi connectivity index (χ0v) is 12.8. The minimum atomic E-state index is -0.528. The normalized spacial score (nSPS) is 10.7. The molecule has 3 rings (SSSR count). The minimum Gasteiger partial charge on any atom is -0.495 e. The Balaban J connectivity index is 1.80. The summed E-state index contributed by atoms with van der Waals surface area (Å²) in [6.07, 6.45) is 1.18. The molecule has 8 nitrogen and oxygen atoms in total. The number of rotatable bonds is 5. The first-order chi connectivity index (χ1) is 11.1. The molecule has 23 heavy (non-hydrogen) atoms. The summed E-state index contributed by atoms with van der Waals surface area (Å²) < 4.78 is 6.28. The predicted molar refractivity (Wildman–Crippen MR) is 85.0 cm³/mol. The molecule has 0 spiro atoms. The van der Waals surface area contributed by atoms with Crippen LogP contribution in [0, 0.1) is 10.1 Å². The van der Waals surface area contributed by atoms with Crippen LogP contribution in [-0.2, 0) is 6.54 Å². The number of nitro groups is 1. The number of hydrogen-bond donors (Lipinski definition) is 1. The molecule has 0 aliphatic carbocycles. The Kier molecular flexibility index (Phi) is 3.98. The molecule has 0 aliphatic rings. The maximum absolute atomic E-state index is 10.9. The summed E-state index contributed by atoms with van der Waals surface area (Å²) in [5.74, 6) is 0.908. The van der Waals surface area contributed by atoms with Crippen LogP contribution in [0.2, 0.25) is 5.02 Å². The van der Waals surface area contributed by atoms with Crippen LogP contribution in [0.4, 0.5) is 11.6 Å². The van der Waals surface area contributed by atoms with Gasteiger partial charge in [-0.1, -0.05) is 27.3 Å². The van der Waals surface area contributed by atoms with E-state index in [0.717, 1.165) is 5.56 Å². The summed E-state index contributed by atoms with van der Waals surface area (Å²) in [6, 6.07) is 8.79. The molecular formula is C14H12ClN5O3. The van der Waals surface area contributed by atoms with Crippen molar-refractivity contribution in [2.24, 2.45) is 0 Å². The second kappa shape index (κ2) is 6.09. The molecule has 0 amide bonds. The zero-order valence-electron chi connectivity index (χ0n) is 12.1. The Bertz CT molecular complexity index is 880. The van der Waals surface area contributed by atoms with Crippen LogP contribution in [0.5, 0.6) is 5.75 Å². The van der Waals surface area contributed by atoms with Crippen molar-refractivity contribution in [1.29, 1.82) is 0 Å². The number of methoxy groups -OCH3 is 1. The Morgan fingerprint density at radius 1 is 1.39 bits per heavy atom. The van der Waals surface area contributed by atoms with Gasteiger partial charge < -0.3 is 20.2 Å². The van der Waals surface area contributed by atoms with Crippen LogP contribution in [0.3, 0.4) is 0 Å². The first kappa shape index (κ1) is 15.0. The van der Waals surface area contributed by atoms with Gasteiger partial charge in [0.05, 0.1) is 12.1 Å². The number of ether oxygens (including phenoxy) is 1. The maximum Gasteiger partial charge on any atom is 0.368 e. The van der Waals surface area contributed by atoms with Crippen LogP contribution in [0.25, 0.3) is 5.65 Å². The van der Waals surface area contributed by atoms with E-state index in [2.05, 4.69) is 15.4 Å². The lowest BCUT2D eigenvalue weighted by atomic mass is 10.2. The minimum absolute atomic E-state index is 0.184. The van der Waals surface area contributed by atoms with Crippen LogP contribution in [0.1, 0.15) is 5.56 Å². The van der Waals surface area contributed by atoms with Gasteiger partial charge >= 0.3 is 5.82 Å². The van der Waals surface area contributed by atoms with Crippen LogP contribution < -0.4 is 10.1 Å².